The van der Waals surface area contributed by atoms with E-state index in [9.17, 15) is 19.8 Å². The third-order valence-electron chi connectivity index (χ3n) is 3.62. The van der Waals surface area contributed by atoms with Gasteiger partial charge in [0.15, 0.2) is 6.04 Å². The maximum Gasteiger partial charge on any atom is 0.331 e. The topological polar surface area (TPSA) is 77.8 Å². The van der Waals surface area contributed by atoms with Crippen molar-refractivity contribution in [3.8, 4) is 5.75 Å². The normalized spacial score (nSPS) is 17.1. The van der Waals surface area contributed by atoms with Crippen molar-refractivity contribution in [3.63, 3.8) is 0 Å². The predicted octanol–water partition coefficient (Wildman–Crippen LogP) is 3.42. The number of thioether (sulfide) groups is 1. The van der Waals surface area contributed by atoms with Gasteiger partial charge in [-0.15, -0.1) is 0 Å². The number of aromatic hydroxyl groups is 1. The Morgan fingerprint density at radius 2 is 1.76 bits per heavy atom. The fraction of sp³-hybridized carbons (Fsp3) is 0.0556. The lowest BCUT2D eigenvalue weighted by Gasteiger charge is -2.23. The fourth-order valence-corrected chi connectivity index (χ4v) is 3.77. The van der Waals surface area contributed by atoms with Gasteiger partial charge in [0.25, 0.3) is 5.91 Å². The maximum absolute atomic E-state index is 12.7. The molecule has 3 rings (SSSR count). The molecule has 0 bridgehead atoms. The zero-order valence-corrected chi connectivity index (χ0v) is 14.5. The fourth-order valence-electron chi connectivity index (χ4n) is 2.46. The van der Waals surface area contributed by atoms with Crippen LogP contribution in [0.5, 0.6) is 5.75 Å². The summed E-state index contributed by atoms with van der Waals surface area (Å²) in [5.74, 6) is -1.47. The molecule has 126 valence electrons. The minimum atomic E-state index is -1.17. The van der Waals surface area contributed by atoms with Crippen molar-refractivity contribution in [2.24, 2.45) is 0 Å². The lowest BCUT2D eigenvalue weighted by atomic mass is 10.1. The van der Waals surface area contributed by atoms with Gasteiger partial charge in [-0.25, -0.2) is 4.79 Å². The summed E-state index contributed by atoms with van der Waals surface area (Å²) in [4.78, 5) is 26.0. The SMILES string of the molecule is O=C(O)C(c1ccccc1)N1C(=O)/C(=C\c2ccc(O)cc2)SC1=S. The quantitative estimate of drug-likeness (QED) is 0.633. The molecule has 2 aromatic carbocycles. The highest BCUT2D eigenvalue weighted by atomic mass is 32.2. The average Bonchev–Trinajstić information content (AvgIpc) is 2.86. The first-order chi connectivity index (χ1) is 12.0. The van der Waals surface area contributed by atoms with Crippen molar-refractivity contribution in [1.29, 1.82) is 0 Å². The summed E-state index contributed by atoms with van der Waals surface area (Å²) in [6.45, 7) is 0. The molecule has 1 heterocycles. The van der Waals surface area contributed by atoms with Crippen LogP contribution in [0, 0.1) is 0 Å². The number of hydrogen-bond acceptors (Lipinski definition) is 5. The van der Waals surface area contributed by atoms with Crippen molar-refractivity contribution in [2.75, 3.05) is 0 Å². The molecule has 0 aromatic heterocycles. The van der Waals surface area contributed by atoms with Crippen LogP contribution in [-0.4, -0.2) is 31.3 Å². The number of benzene rings is 2. The zero-order chi connectivity index (χ0) is 18.0. The van der Waals surface area contributed by atoms with Crippen LogP contribution >= 0.6 is 24.0 Å². The molecule has 1 aliphatic rings. The summed E-state index contributed by atoms with van der Waals surface area (Å²) in [5, 5.41) is 18.9. The number of phenols is 1. The van der Waals surface area contributed by atoms with Crippen molar-refractivity contribution >= 4 is 46.3 Å². The molecule has 1 aliphatic heterocycles. The Labute approximate surface area is 153 Å². The van der Waals surface area contributed by atoms with Crippen molar-refractivity contribution in [2.45, 2.75) is 6.04 Å². The second kappa shape index (κ2) is 7.08. The van der Waals surface area contributed by atoms with E-state index in [1.54, 1.807) is 48.5 Å². The maximum atomic E-state index is 12.7. The van der Waals surface area contributed by atoms with E-state index in [-0.39, 0.29) is 10.1 Å². The molecular weight excluding hydrogens is 358 g/mol. The molecule has 1 unspecified atom stereocenters. The molecular formula is C18H13NO4S2. The number of rotatable bonds is 4. The third kappa shape index (κ3) is 3.57. The highest BCUT2D eigenvalue weighted by Gasteiger charge is 2.41. The van der Waals surface area contributed by atoms with E-state index in [1.165, 1.54) is 12.1 Å². The van der Waals surface area contributed by atoms with Gasteiger partial charge in [0.05, 0.1) is 4.91 Å². The van der Waals surface area contributed by atoms with E-state index in [0.717, 1.165) is 16.7 Å². The number of carboxylic acids is 1. The van der Waals surface area contributed by atoms with Crippen LogP contribution in [0.1, 0.15) is 17.2 Å². The van der Waals surface area contributed by atoms with E-state index in [4.69, 9.17) is 12.2 Å². The number of phenolic OH excluding ortho intramolecular Hbond substituents is 1. The first-order valence-electron chi connectivity index (χ1n) is 7.31. The predicted molar refractivity (Wildman–Crippen MR) is 99.9 cm³/mol. The number of nitrogens with zero attached hydrogens (tertiary/aromatic N) is 1. The summed E-state index contributed by atoms with van der Waals surface area (Å²) >= 11 is 6.32. The van der Waals surface area contributed by atoms with E-state index in [2.05, 4.69) is 0 Å². The Balaban J connectivity index is 1.95. The lowest BCUT2D eigenvalue weighted by Crippen LogP contribution is -2.37. The van der Waals surface area contributed by atoms with Gasteiger partial charge in [-0.3, -0.25) is 9.69 Å². The molecule has 2 aromatic rings. The molecule has 5 nitrogen and oxygen atoms in total. The Morgan fingerprint density at radius 3 is 2.36 bits per heavy atom. The molecule has 1 saturated heterocycles. The number of carboxylic acid groups (broad SMARTS) is 1. The monoisotopic (exact) mass is 371 g/mol. The van der Waals surface area contributed by atoms with Gasteiger partial charge < -0.3 is 10.2 Å². The van der Waals surface area contributed by atoms with E-state index in [0.29, 0.717) is 16.0 Å². The summed E-state index contributed by atoms with van der Waals surface area (Å²) in [5.41, 5.74) is 1.20. The first kappa shape index (κ1) is 17.2. The van der Waals surface area contributed by atoms with Crippen LogP contribution in [-0.2, 0) is 9.59 Å². The van der Waals surface area contributed by atoms with E-state index < -0.39 is 17.9 Å². The largest absolute Gasteiger partial charge is 0.508 e. The summed E-state index contributed by atoms with van der Waals surface area (Å²) in [6, 6.07) is 13.7. The Morgan fingerprint density at radius 1 is 1.12 bits per heavy atom. The van der Waals surface area contributed by atoms with E-state index >= 15 is 0 Å². The Kier molecular flexibility index (Phi) is 4.87. The third-order valence-corrected chi connectivity index (χ3v) is 4.95. The van der Waals surface area contributed by atoms with Gasteiger partial charge in [0.1, 0.15) is 10.1 Å². The smallest absolute Gasteiger partial charge is 0.331 e. The van der Waals surface area contributed by atoms with Crippen LogP contribution in [0.4, 0.5) is 0 Å². The number of carbonyl (C=O) groups is 2. The zero-order valence-electron chi connectivity index (χ0n) is 12.8. The summed E-state index contributed by atoms with van der Waals surface area (Å²) in [6.07, 6.45) is 1.63. The van der Waals surface area contributed by atoms with E-state index in [1.807, 2.05) is 0 Å². The molecule has 25 heavy (non-hydrogen) atoms. The molecule has 1 atom stereocenters. The van der Waals surface area contributed by atoms with Gasteiger partial charge in [0, 0.05) is 0 Å². The molecule has 0 aliphatic carbocycles. The standard InChI is InChI=1S/C18H13NO4S2/c20-13-8-6-11(7-9-13)10-14-16(21)19(18(24)25-14)15(17(22)23)12-4-2-1-3-5-12/h1-10,15,20H,(H,22,23)/b14-10+. The molecule has 2 N–H and O–H groups in total. The second-order valence-electron chi connectivity index (χ2n) is 5.29. The van der Waals surface area contributed by atoms with Gasteiger partial charge in [-0.2, -0.15) is 0 Å². The van der Waals surface area contributed by atoms with Gasteiger partial charge in [-0.1, -0.05) is 66.4 Å². The minimum absolute atomic E-state index is 0.125. The molecule has 0 spiro atoms. The molecule has 7 heteroatoms. The molecule has 1 fully saturated rings. The number of carbonyl (C=O) groups excluding carboxylic acids is 1. The Hall–Kier alpha value is -2.64. The first-order valence-corrected chi connectivity index (χ1v) is 8.53. The molecule has 0 radical (unpaired) electrons. The van der Waals surface area contributed by atoms with Crippen LogP contribution in [0.3, 0.4) is 0 Å². The van der Waals surface area contributed by atoms with Crippen LogP contribution in [0.2, 0.25) is 0 Å². The van der Waals surface area contributed by atoms with Crippen LogP contribution in [0.25, 0.3) is 6.08 Å². The van der Waals surface area contributed by atoms with Gasteiger partial charge in [0.2, 0.25) is 0 Å². The highest BCUT2D eigenvalue weighted by Crippen LogP contribution is 2.38. The summed E-state index contributed by atoms with van der Waals surface area (Å²) < 4.78 is 0.200. The average molecular weight is 371 g/mol. The minimum Gasteiger partial charge on any atom is -0.508 e. The van der Waals surface area contributed by atoms with Crippen molar-refractivity contribution < 1.29 is 19.8 Å². The van der Waals surface area contributed by atoms with Gasteiger partial charge in [-0.05, 0) is 29.3 Å². The highest BCUT2D eigenvalue weighted by molar-refractivity contribution is 8.26. The summed E-state index contributed by atoms with van der Waals surface area (Å²) in [7, 11) is 0. The number of hydrogen-bond donors (Lipinski definition) is 2. The van der Waals surface area contributed by atoms with Gasteiger partial charge >= 0.3 is 5.97 Å². The number of aliphatic carboxylic acids is 1. The van der Waals surface area contributed by atoms with Crippen LogP contribution < -0.4 is 0 Å². The van der Waals surface area contributed by atoms with Crippen LogP contribution in [0.15, 0.2) is 59.5 Å². The molecule has 0 saturated carbocycles. The van der Waals surface area contributed by atoms with Crippen molar-refractivity contribution in [1.82, 2.24) is 4.90 Å². The van der Waals surface area contributed by atoms with Crippen molar-refractivity contribution in [3.05, 3.63) is 70.6 Å². The number of amides is 1. The second-order valence-corrected chi connectivity index (χ2v) is 6.97. The lowest BCUT2D eigenvalue weighted by molar-refractivity contribution is -0.145. The Bertz CT molecular complexity index is 862. The number of thiocarbonyl (C=S) groups is 1. The molecule has 1 amide bonds.